The molecule has 1 saturated heterocycles. The summed E-state index contributed by atoms with van der Waals surface area (Å²) >= 11 is 0. The van der Waals surface area contributed by atoms with Gasteiger partial charge in [-0.15, -0.1) is 0 Å². The third-order valence-electron chi connectivity index (χ3n) is 4.80. The van der Waals surface area contributed by atoms with Crippen molar-refractivity contribution in [1.82, 2.24) is 10.2 Å². The number of ether oxygens (including phenoxy) is 1. The van der Waals surface area contributed by atoms with Crippen LogP contribution in [0.1, 0.15) is 37.4 Å². The zero-order chi connectivity index (χ0) is 17.5. The van der Waals surface area contributed by atoms with Gasteiger partial charge in [0.1, 0.15) is 12.4 Å². The van der Waals surface area contributed by atoms with Gasteiger partial charge in [0.05, 0.1) is 0 Å². The van der Waals surface area contributed by atoms with E-state index in [2.05, 4.69) is 72.6 Å². The van der Waals surface area contributed by atoms with Crippen LogP contribution in [0.25, 0.3) is 0 Å². The Kier molecular flexibility index (Phi) is 6.48. The summed E-state index contributed by atoms with van der Waals surface area (Å²) in [7, 11) is 0. The average Bonchev–Trinajstić information content (AvgIpc) is 2.66. The van der Waals surface area contributed by atoms with Gasteiger partial charge < -0.3 is 10.1 Å². The minimum atomic E-state index is 0.425. The van der Waals surface area contributed by atoms with Gasteiger partial charge in [-0.3, -0.25) is 4.90 Å². The van der Waals surface area contributed by atoms with E-state index in [4.69, 9.17) is 4.74 Å². The molecular weight excluding hydrogens is 308 g/mol. The maximum absolute atomic E-state index is 6.23. The first-order chi connectivity index (χ1) is 12.2. The van der Waals surface area contributed by atoms with Gasteiger partial charge in [0.25, 0.3) is 0 Å². The molecule has 0 bridgehead atoms. The number of para-hydroxylation sites is 1. The van der Waals surface area contributed by atoms with E-state index in [0.717, 1.165) is 38.3 Å². The van der Waals surface area contributed by atoms with Crippen LogP contribution >= 0.6 is 0 Å². The van der Waals surface area contributed by atoms with Crippen molar-refractivity contribution in [2.75, 3.05) is 26.2 Å². The summed E-state index contributed by atoms with van der Waals surface area (Å²) < 4.78 is 6.23. The van der Waals surface area contributed by atoms with E-state index in [9.17, 15) is 0 Å². The molecule has 0 amide bonds. The van der Waals surface area contributed by atoms with Gasteiger partial charge in [0.15, 0.2) is 0 Å². The molecule has 0 saturated carbocycles. The van der Waals surface area contributed by atoms with Gasteiger partial charge in [0, 0.05) is 37.8 Å². The first kappa shape index (κ1) is 18.0. The molecule has 0 aliphatic carbocycles. The Balaban J connectivity index is 1.80. The molecule has 1 heterocycles. The van der Waals surface area contributed by atoms with Crippen LogP contribution in [-0.4, -0.2) is 31.1 Å². The summed E-state index contributed by atoms with van der Waals surface area (Å²) in [6.07, 6.45) is 1.16. The predicted molar refractivity (Wildman–Crippen MR) is 104 cm³/mol. The molecule has 0 aromatic heterocycles. The second kappa shape index (κ2) is 9.02. The van der Waals surface area contributed by atoms with Crippen LogP contribution in [0.4, 0.5) is 0 Å². The Bertz CT molecular complexity index is 635. The van der Waals surface area contributed by atoms with Crippen LogP contribution in [0.15, 0.2) is 54.6 Å². The molecule has 25 heavy (non-hydrogen) atoms. The van der Waals surface area contributed by atoms with E-state index in [1.807, 2.05) is 6.07 Å². The van der Waals surface area contributed by atoms with E-state index >= 15 is 0 Å². The van der Waals surface area contributed by atoms with Crippen LogP contribution in [0.5, 0.6) is 5.75 Å². The Morgan fingerprint density at radius 3 is 2.36 bits per heavy atom. The minimum absolute atomic E-state index is 0.425. The molecule has 0 radical (unpaired) electrons. The molecule has 3 heteroatoms. The van der Waals surface area contributed by atoms with Gasteiger partial charge in [-0.25, -0.2) is 0 Å². The maximum Gasteiger partial charge on any atom is 0.124 e. The molecule has 2 aromatic rings. The molecule has 0 spiro atoms. The standard InChI is InChI=1S/C22H30N2O/c1-18(2)16-21(24-14-12-23-13-15-24)20-10-6-7-11-22(20)25-17-19-8-4-3-5-9-19/h3-11,18,21,23H,12-17H2,1-2H3/t21-/m1/s1. The predicted octanol–water partition coefficient (Wildman–Crippen LogP) is 4.26. The number of piperazine rings is 1. The number of hydrogen-bond acceptors (Lipinski definition) is 3. The highest BCUT2D eigenvalue weighted by molar-refractivity contribution is 5.36. The second-order valence-corrected chi connectivity index (χ2v) is 7.24. The summed E-state index contributed by atoms with van der Waals surface area (Å²) in [5, 5.41) is 3.46. The Labute approximate surface area is 152 Å². The molecule has 1 N–H and O–H groups in total. The third-order valence-corrected chi connectivity index (χ3v) is 4.80. The fourth-order valence-electron chi connectivity index (χ4n) is 3.54. The fraction of sp³-hybridized carbons (Fsp3) is 0.455. The lowest BCUT2D eigenvalue weighted by Crippen LogP contribution is -2.45. The quantitative estimate of drug-likeness (QED) is 0.816. The van der Waals surface area contributed by atoms with Gasteiger partial charge in [-0.05, 0) is 24.0 Å². The van der Waals surface area contributed by atoms with Crippen LogP contribution in [-0.2, 0) is 6.61 Å². The summed E-state index contributed by atoms with van der Waals surface area (Å²) in [6.45, 7) is 9.58. The third kappa shape index (κ3) is 5.07. The van der Waals surface area contributed by atoms with E-state index in [1.54, 1.807) is 0 Å². The smallest absolute Gasteiger partial charge is 0.124 e. The topological polar surface area (TPSA) is 24.5 Å². The van der Waals surface area contributed by atoms with Crippen LogP contribution < -0.4 is 10.1 Å². The fourth-order valence-corrected chi connectivity index (χ4v) is 3.54. The first-order valence-electron chi connectivity index (χ1n) is 9.44. The summed E-state index contributed by atoms with van der Waals surface area (Å²) in [5.41, 5.74) is 2.54. The van der Waals surface area contributed by atoms with Gasteiger partial charge in [-0.1, -0.05) is 62.4 Å². The molecule has 3 nitrogen and oxygen atoms in total. The summed E-state index contributed by atoms with van der Waals surface area (Å²) in [4.78, 5) is 2.61. The Morgan fingerprint density at radius 1 is 0.960 bits per heavy atom. The van der Waals surface area contributed by atoms with E-state index < -0.39 is 0 Å². The monoisotopic (exact) mass is 338 g/mol. The molecule has 0 unspecified atom stereocenters. The molecule has 134 valence electrons. The van der Waals surface area contributed by atoms with Crippen molar-refractivity contribution in [1.29, 1.82) is 0 Å². The van der Waals surface area contributed by atoms with Crippen LogP contribution in [0, 0.1) is 5.92 Å². The molecule has 2 aromatic carbocycles. The molecule has 1 aliphatic rings. The molecule has 1 atom stereocenters. The Hall–Kier alpha value is -1.84. The first-order valence-corrected chi connectivity index (χ1v) is 9.44. The molecular formula is C22H30N2O. The van der Waals surface area contributed by atoms with Crippen molar-refractivity contribution in [3.63, 3.8) is 0 Å². The number of nitrogens with zero attached hydrogens (tertiary/aromatic N) is 1. The number of nitrogens with one attached hydrogen (secondary N) is 1. The summed E-state index contributed by atoms with van der Waals surface area (Å²) in [5.74, 6) is 1.68. The molecule has 1 fully saturated rings. The van der Waals surface area contributed by atoms with Gasteiger partial charge in [-0.2, -0.15) is 0 Å². The number of benzene rings is 2. The number of hydrogen-bond donors (Lipinski definition) is 1. The number of rotatable bonds is 7. The Morgan fingerprint density at radius 2 is 1.64 bits per heavy atom. The zero-order valence-electron chi connectivity index (χ0n) is 15.4. The second-order valence-electron chi connectivity index (χ2n) is 7.24. The van der Waals surface area contributed by atoms with E-state index in [0.29, 0.717) is 18.6 Å². The highest BCUT2D eigenvalue weighted by atomic mass is 16.5. The normalized spacial score (nSPS) is 16.8. The lowest BCUT2D eigenvalue weighted by atomic mass is 9.94. The highest BCUT2D eigenvalue weighted by Gasteiger charge is 2.25. The van der Waals surface area contributed by atoms with Crippen molar-refractivity contribution < 1.29 is 4.74 Å². The van der Waals surface area contributed by atoms with E-state index in [1.165, 1.54) is 11.1 Å². The van der Waals surface area contributed by atoms with Crippen LogP contribution in [0.2, 0.25) is 0 Å². The summed E-state index contributed by atoms with van der Waals surface area (Å²) in [6, 6.07) is 19.4. The highest BCUT2D eigenvalue weighted by Crippen LogP contribution is 2.34. The largest absolute Gasteiger partial charge is 0.489 e. The van der Waals surface area contributed by atoms with E-state index in [-0.39, 0.29) is 0 Å². The van der Waals surface area contributed by atoms with Crippen molar-refractivity contribution in [2.24, 2.45) is 5.92 Å². The van der Waals surface area contributed by atoms with Gasteiger partial charge >= 0.3 is 0 Å². The molecule has 1 aliphatic heterocycles. The van der Waals surface area contributed by atoms with Crippen molar-refractivity contribution in [3.05, 3.63) is 65.7 Å². The van der Waals surface area contributed by atoms with Crippen molar-refractivity contribution >= 4 is 0 Å². The lowest BCUT2D eigenvalue weighted by Gasteiger charge is -2.36. The zero-order valence-corrected chi connectivity index (χ0v) is 15.4. The average molecular weight is 338 g/mol. The lowest BCUT2D eigenvalue weighted by molar-refractivity contribution is 0.150. The van der Waals surface area contributed by atoms with Crippen LogP contribution in [0.3, 0.4) is 0 Å². The molecule has 3 rings (SSSR count). The van der Waals surface area contributed by atoms with Crippen molar-refractivity contribution in [3.8, 4) is 5.75 Å². The van der Waals surface area contributed by atoms with Gasteiger partial charge in [0.2, 0.25) is 0 Å². The SMILES string of the molecule is CC(C)C[C@H](c1ccccc1OCc1ccccc1)N1CCNCC1. The van der Waals surface area contributed by atoms with Crippen molar-refractivity contribution in [2.45, 2.75) is 32.9 Å². The maximum atomic E-state index is 6.23. The minimum Gasteiger partial charge on any atom is -0.489 e.